The Kier molecular flexibility index (Phi) is 7.42. The summed E-state index contributed by atoms with van der Waals surface area (Å²) in [7, 11) is -1.74. The number of nitrogens with zero attached hydrogens (tertiary/aromatic N) is 1. The Labute approximate surface area is 183 Å². The van der Waals surface area contributed by atoms with Crippen molar-refractivity contribution in [3.8, 4) is 5.75 Å². The van der Waals surface area contributed by atoms with Crippen molar-refractivity contribution in [2.24, 2.45) is 0 Å². The minimum Gasteiger partial charge on any atom is -0.490 e. The van der Waals surface area contributed by atoms with E-state index in [9.17, 15) is 18.0 Å². The van der Waals surface area contributed by atoms with Crippen molar-refractivity contribution in [1.82, 2.24) is 10.2 Å². The molecule has 0 unspecified atom stereocenters. The van der Waals surface area contributed by atoms with Crippen LogP contribution in [0.3, 0.4) is 0 Å². The van der Waals surface area contributed by atoms with Crippen LogP contribution in [0.4, 0.5) is 5.69 Å². The van der Waals surface area contributed by atoms with E-state index in [1.54, 1.807) is 31.0 Å². The number of hydrogen-bond donors (Lipinski definition) is 2. The molecule has 0 radical (unpaired) electrons. The van der Waals surface area contributed by atoms with Gasteiger partial charge in [-0.2, -0.15) is 0 Å². The summed E-state index contributed by atoms with van der Waals surface area (Å²) in [5.74, 6) is 0.0210. The predicted octanol–water partition coefficient (Wildman–Crippen LogP) is 1.75. The summed E-state index contributed by atoms with van der Waals surface area (Å²) in [5.41, 5.74) is 0.624. The monoisotopic (exact) mass is 453 g/mol. The number of anilines is 1. The van der Waals surface area contributed by atoms with Crippen molar-refractivity contribution in [3.05, 3.63) is 23.8 Å². The number of ether oxygens (including phenoxy) is 2. The molecule has 2 N–H and O–H groups in total. The summed E-state index contributed by atoms with van der Waals surface area (Å²) in [6.45, 7) is 4.43. The van der Waals surface area contributed by atoms with Crippen molar-refractivity contribution in [1.29, 1.82) is 0 Å². The smallest absolute Gasteiger partial charge is 0.257 e. The average molecular weight is 454 g/mol. The Morgan fingerprint density at radius 1 is 1.26 bits per heavy atom. The number of likely N-dealkylation sites (N-methyl/N-ethyl adjacent to an activating group) is 1. The Morgan fingerprint density at radius 3 is 2.74 bits per heavy atom. The number of benzene rings is 1. The second-order valence-corrected chi connectivity index (χ2v) is 9.95. The van der Waals surface area contributed by atoms with Gasteiger partial charge in [0.25, 0.3) is 5.91 Å². The summed E-state index contributed by atoms with van der Waals surface area (Å²) < 4.78 is 38.3. The third-order valence-corrected chi connectivity index (χ3v) is 6.96. The molecule has 31 heavy (non-hydrogen) atoms. The van der Waals surface area contributed by atoms with Crippen LogP contribution in [0.25, 0.3) is 0 Å². The highest BCUT2D eigenvalue weighted by Crippen LogP contribution is 2.32. The minimum atomic E-state index is -3.46. The van der Waals surface area contributed by atoms with Crippen LogP contribution in [0, 0.1) is 0 Å². The van der Waals surface area contributed by atoms with E-state index in [1.165, 1.54) is 6.07 Å². The third-order valence-electron chi connectivity index (χ3n) is 5.65. The average Bonchev–Trinajstić information content (AvgIpc) is 2.75. The second-order valence-electron chi connectivity index (χ2n) is 7.94. The first-order valence-corrected chi connectivity index (χ1v) is 12.4. The molecule has 1 aromatic rings. The first kappa shape index (κ1) is 23.3. The number of hydrogen-bond acceptors (Lipinski definition) is 6. The van der Waals surface area contributed by atoms with E-state index >= 15 is 0 Å². The quantitative estimate of drug-likeness (QED) is 0.650. The predicted molar refractivity (Wildman–Crippen MR) is 117 cm³/mol. The fraction of sp³-hybridized carbons (Fsp3) is 0.619. The fourth-order valence-electron chi connectivity index (χ4n) is 3.89. The van der Waals surface area contributed by atoms with Crippen molar-refractivity contribution < 1.29 is 27.5 Å². The number of sulfonamides is 1. The van der Waals surface area contributed by atoms with E-state index in [1.807, 2.05) is 6.92 Å². The molecule has 172 valence electrons. The van der Waals surface area contributed by atoms with E-state index in [4.69, 9.17) is 9.47 Å². The highest BCUT2D eigenvalue weighted by atomic mass is 32.2. The molecule has 0 aromatic heterocycles. The van der Waals surface area contributed by atoms with Crippen LogP contribution in [0.1, 0.15) is 49.9 Å². The molecule has 3 atom stereocenters. The van der Waals surface area contributed by atoms with Crippen LogP contribution in [0.15, 0.2) is 18.2 Å². The van der Waals surface area contributed by atoms with E-state index < -0.39 is 10.0 Å². The van der Waals surface area contributed by atoms with Crippen molar-refractivity contribution in [3.63, 3.8) is 0 Å². The molecule has 1 saturated heterocycles. The Balaban J connectivity index is 1.75. The molecule has 3 rings (SSSR count). The Hall–Kier alpha value is -2.33. The summed E-state index contributed by atoms with van der Waals surface area (Å²) in [4.78, 5) is 26.8. The van der Waals surface area contributed by atoms with Gasteiger partial charge in [0.2, 0.25) is 15.9 Å². The maximum Gasteiger partial charge on any atom is 0.257 e. The largest absolute Gasteiger partial charge is 0.490 e. The molecule has 2 amide bonds. The van der Waals surface area contributed by atoms with Crippen LogP contribution < -0.4 is 14.8 Å². The number of nitrogens with one attached hydrogen (secondary N) is 2. The molecule has 2 heterocycles. The molecule has 1 fully saturated rings. The molecule has 1 aromatic carbocycles. The summed E-state index contributed by atoms with van der Waals surface area (Å²) in [6.07, 6.45) is 1.97. The van der Waals surface area contributed by atoms with Gasteiger partial charge in [0.15, 0.2) is 0 Å². The first-order valence-electron chi connectivity index (χ1n) is 10.7. The SMILES string of the molecule is CCCNC(=O)C[C@H]1CC[C@H]2[C@@H](COc3ccc(NS(=O)(=O)CC)cc3C(=O)N2C)O1. The van der Waals surface area contributed by atoms with Crippen LogP contribution in [-0.4, -0.2) is 69.3 Å². The molecule has 0 spiro atoms. The maximum atomic E-state index is 13.2. The van der Waals surface area contributed by atoms with Crippen LogP contribution in [0.5, 0.6) is 5.75 Å². The summed E-state index contributed by atoms with van der Waals surface area (Å²) >= 11 is 0. The number of carbonyl (C=O) groups is 2. The Morgan fingerprint density at radius 2 is 2.03 bits per heavy atom. The van der Waals surface area contributed by atoms with Gasteiger partial charge >= 0.3 is 0 Å². The molecule has 0 saturated carbocycles. The molecule has 10 heteroatoms. The van der Waals surface area contributed by atoms with Gasteiger partial charge in [-0.3, -0.25) is 14.3 Å². The topological polar surface area (TPSA) is 114 Å². The third kappa shape index (κ3) is 5.68. The van der Waals surface area contributed by atoms with Crippen molar-refractivity contribution >= 4 is 27.5 Å². The van der Waals surface area contributed by atoms with Gasteiger partial charge in [-0.1, -0.05) is 6.92 Å². The fourth-order valence-corrected chi connectivity index (χ4v) is 4.52. The van der Waals surface area contributed by atoms with Crippen molar-refractivity contribution in [2.75, 3.05) is 30.7 Å². The number of rotatable bonds is 7. The number of amides is 2. The highest BCUT2D eigenvalue weighted by molar-refractivity contribution is 7.92. The van der Waals surface area contributed by atoms with Crippen molar-refractivity contribution in [2.45, 2.75) is 57.8 Å². The van der Waals surface area contributed by atoms with E-state index in [-0.39, 0.29) is 42.4 Å². The number of fused-ring (bicyclic) bond motifs is 2. The zero-order chi connectivity index (χ0) is 22.6. The second kappa shape index (κ2) is 9.86. The molecule has 2 aliphatic heterocycles. The van der Waals surface area contributed by atoms with E-state index in [0.717, 1.165) is 6.42 Å². The van der Waals surface area contributed by atoms with Gasteiger partial charge in [-0.15, -0.1) is 0 Å². The van der Waals surface area contributed by atoms with Gasteiger partial charge in [0.05, 0.1) is 29.9 Å². The normalized spacial score (nSPS) is 23.6. The summed E-state index contributed by atoms with van der Waals surface area (Å²) in [6, 6.07) is 4.48. The minimum absolute atomic E-state index is 0.0334. The molecular formula is C21H31N3O6S. The van der Waals surface area contributed by atoms with Crippen LogP contribution >= 0.6 is 0 Å². The lowest BCUT2D eigenvalue weighted by atomic mass is 9.94. The maximum absolute atomic E-state index is 13.2. The molecule has 2 aliphatic rings. The number of carbonyl (C=O) groups excluding carboxylic acids is 2. The lowest BCUT2D eigenvalue weighted by Crippen LogP contribution is -2.54. The van der Waals surface area contributed by atoms with E-state index in [0.29, 0.717) is 42.8 Å². The van der Waals surface area contributed by atoms with Gasteiger partial charge in [0.1, 0.15) is 18.5 Å². The molecular weight excluding hydrogens is 422 g/mol. The first-order chi connectivity index (χ1) is 14.7. The Bertz CT molecular complexity index is 920. The van der Waals surface area contributed by atoms with E-state index in [2.05, 4.69) is 10.0 Å². The van der Waals surface area contributed by atoms with Gasteiger partial charge in [-0.05, 0) is 44.4 Å². The zero-order valence-corrected chi connectivity index (χ0v) is 19.0. The molecule has 9 nitrogen and oxygen atoms in total. The summed E-state index contributed by atoms with van der Waals surface area (Å²) in [5, 5.41) is 2.86. The molecule has 0 bridgehead atoms. The van der Waals surface area contributed by atoms with Gasteiger partial charge < -0.3 is 19.7 Å². The zero-order valence-electron chi connectivity index (χ0n) is 18.2. The molecule has 0 aliphatic carbocycles. The van der Waals surface area contributed by atoms with Crippen LogP contribution in [0.2, 0.25) is 0 Å². The standard InChI is InChI=1S/C21H31N3O6S/c1-4-10-22-20(25)12-15-7-8-17-19(30-15)13-29-18-9-6-14(23-31(27,28)5-2)11-16(18)21(26)24(17)3/h6,9,11,15,17,19,23H,4-5,7-8,10,12-13H2,1-3H3,(H,22,25)/t15-,17+,19-/m1/s1. The lowest BCUT2D eigenvalue weighted by molar-refractivity contribution is -0.134. The van der Waals surface area contributed by atoms with Crippen LogP contribution in [-0.2, 0) is 19.6 Å². The lowest BCUT2D eigenvalue weighted by Gasteiger charge is -2.42. The highest BCUT2D eigenvalue weighted by Gasteiger charge is 2.39. The van der Waals surface area contributed by atoms with Gasteiger partial charge in [0, 0.05) is 19.3 Å². The van der Waals surface area contributed by atoms with Gasteiger partial charge in [-0.25, -0.2) is 8.42 Å².